The summed E-state index contributed by atoms with van der Waals surface area (Å²) in [4.78, 5) is 14.0. The maximum absolute atomic E-state index is 12.6. The van der Waals surface area contributed by atoms with E-state index in [9.17, 15) is 4.79 Å². The van der Waals surface area contributed by atoms with Gasteiger partial charge in [-0.05, 0) is 61.2 Å². The number of nitrogens with one attached hydrogen (secondary N) is 2. The summed E-state index contributed by atoms with van der Waals surface area (Å²) < 4.78 is 1.78. The minimum atomic E-state index is -0.0999. The normalized spacial score (nSPS) is 13.4. The van der Waals surface area contributed by atoms with Crippen LogP contribution in [0.3, 0.4) is 0 Å². The van der Waals surface area contributed by atoms with Crippen LogP contribution in [0.25, 0.3) is 0 Å². The van der Waals surface area contributed by atoms with Crippen molar-refractivity contribution in [2.75, 3.05) is 11.2 Å². The fourth-order valence-electron chi connectivity index (χ4n) is 3.30. The van der Waals surface area contributed by atoms with Crippen LogP contribution in [-0.4, -0.2) is 20.8 Å². The van der Waals surface area contributed by atoms with Crippen molar-refractivity contribution in [1.29, 1.82) is 0 Å². The molecule has 0 saturated carbocycles. The first-order valence-electron chi connectivity index (χ1n) is 8.54. The lowest BCUT2D eigenvalue weighted by molar-refractivity contribution is 0.102. The van der Waals surface area contributed by atoms with Crippen LogP contribution < -0.4 is 11.2 Å². The Morgan fingerprint density at radius 2 is 2.08 bits per heavy atom. The molecule has 1 aliphatic rings. The van der Waals surface area contributed by atoms with Crippen LogP contribution in [0.5, 0.6) is 0 Å². The van der Waals surface area contributed by atoms with Crippen LogP contribution >= 0.6 is 23.6 Å². The van der Waals surface area contributed by atoms with E-state index in [2.05, 4.69) is 15.5 Å². The second kappa shape index (κ2) is 7.05. The highest BCUT2D eigenvalue weighted by atomic mass is 32.1. The Morgan fingerprint density at radius 1 is 1.31 bits per heavy atom. The number of fused-ring (bicyclic) bond motifs is 1. The van der Waals surface area contributed by atoms with Crippen LogP contribution in [-0.2, 0) is 19.3 Å². The van der Waals surface area contributed by atoms with Gasteiger partial charge in [-0.25, -0.2) is 4.68 Å². The Labute approximate surface area is 160 Å². The maximum atomic E-state index is 12.6. The van der Waals surface area contributed by atoms with Gasteiger partial charge >= 0.3 is 0 Å². The summed E-state index contributed by atoms with van der Waals surface area (Å²) in [5.41, 5.74) is 3.08. The van der Waals surface area contributed by atoms with Crippen LogP contribution in [0.1, 0.15) is 45.0 Å². The van der Waals surface area contributed by atoms with Crippen molar-refractivity contribution in [2.24, 2.45) is 0 Å². The summed E-state index contributed by atoms with van der Waals surface area (Å²) in [6.45, 7) is 0. The Balaban J connectivity index is 1.69. The molecule has 0 radical (unpaired) electrons. The number of nitrogens with two attached hydrogens (primary N) is 1. The van der Waals surface area contributed by atoms with E-state index in [-0.39, 0.29) is 5.91 Å². The first-order valence-corrected chi connectivity index (χ1v) is 9.77. The molecule has 0 atom stereocenters. The third-order valence-corrected chi connectivity index (χ3v) is 6.19. The molecule has 1 aliphatic carbocycles. The largest absolute Gasteiger partial charge is 0.335 e. The molecule has 134 valence electrons. The van der Waals surface area contributed by atoms with E-state index in [1.165, 1.54) is 21.5 Å². The monoisotopic (exact) mass is 385 g/mol. The van der Waals surface area contributed by atoms with E-state index < -0.39 is 0 Å². The molecule has 6 nitrogen and oxygen atoms in total. The van der Waals surface area contributed by atoms with Gasteiger partial charge in [-0.15, -0.1) is 11.3 Å². The van der Waals surface area contributed by atoms with E-state index in [0.29, 0.717) is 22.6 Å². The van der Waals surface area contributed by atoms with Crippen molar-refractivity contribution in [2.45, 2.75) is 32.1 Å². The molecule has 26 heavy (non-hydrogen) atoms. The van der Waals surface area contributed by atoms with Gasteiger partial charge in [-0.3, -0.25) is 9.89 Å². The Bertz CT molecular complexity index is 1000. The molecule has 3 aromatic rings. The van der Waals surface area contributed by atoms with Crippen LogP contribution in [0.15, 0.2) is 30.3 Å². The number of hydrogen-bond acceptors (Lipinski definition) is 5. The molecule has 1 aromatic carbocycles. The van der Waals surface area contributed by atoms with Crippen molar-refractivity contribution < 1.29 is 4.79 Å². The number of amides is 1. The summed E-state index contributed by atoms with van der Waals surface area (Å²) in [7, 11) is 0. The zero-order valence-corrected chi connectivity index (χ0v) is 15.8. The minimum Gasteiger partial charge on any atom is -0.335 e. The van der Waals surface area contributed by atoms with Gasteiger partial charge in [-0.1, -0.05) is 18.2 Å². The summed E-state index contributed by atoms with van der Waals surface area (Å²) in [6.07, 6.45) is 4.98. The predicted molar refractivity (Wildman–Crippen MR) is 106 cm³/mol. The van der Waals surface area contributed by atoms with Crippen molar-refractivity contribution in [3.8, 4) is 0 Å². The molecule has 4 N–H and O–H groups in total. The minimum absolute atomic E-state index is 0.0999. The molecular formula is C18H19N5OS2. The zero-order valence-electron chi connectivity index (χ0n) is 14.1. The van der Waals surface area contributed by atoms with Gasteiger partial charge in [0.15, 0.2) is 5.82 Å². The number of H-pyrrole nitrogens is 1. The maximum Gasteiger partial charge on any atom is 0.256 e. The number of benzene rings is 1. The second-order valence-electron chi connectivity index (χ2n) is 6.33. The Morgan fingerprint density at radius 3 is 2.81 bits per heavy atom. The molecule has 4 rings (SSSR count). The average molecular weight is 386 g/mol. The SMILES string of the molecule is Nn1c(Cc2c(NC(=O)c3ccccc3)sc3c2CCCC3)n[nH]c1=S. The number of aromatic nitrogens is 3. The molecule has 1 amide bonds. The molecule has 0 fully saturated rings. The number of aromatic amines is 1. The topological polar surface area (TPSA) is 88.7 Å². The highest BCUT2D eigenvalue weighted by Gasteiger charge is 2.23. The van der Waals surface area contributed by atoms with Gasteiger partial charge in [0.1, 0.15) is 0 Å². The molecule has 0 unspecified atom stereocenters. The number of nitrogen functional groups attached to an aromatic ring is 1. The number of carbonyl (C=O) groups is 1. The van der Waals surface area contributed by atoms with Gasteiger partial charge in [0.2, 0.25) is 4.77 Å². The number of hydrogen-bond donors (Lipinski definition) is 3. The standard InChI is InChI=1S/C18H19N5OS2/c19-23-15(21-22-18(23)25)10-13-12-8-4-5-9-14(12)26-17(13)20-16(24)11-6-2-1-3-7-11/h1-3,6-7H,4-5,8-10,19H2,(H,20,24)(H,22,25). The fourth-order valence-corrected chi connectivity index (χ4v) is 4.76. The Kier molecular flexibility index (Phi) is 4.60. The van der Waals surface area contributed by atoms with Gasteiger partial charge in [0, 0.05) is 16.9 Å². The zero-order chi connectivity index (χ0) is 18.1. The fraction of sp³-hybridized carbons (Fsp3) is 0.278. The van der Waals surface area contributed by atoms with E-state index >= 15 is 0 Å². The molecule has 0 bridgehead atoms. The predicted octanol–water partition coefficient (Wildman–Crippen LogP) is 3.44. The second-order valence-corrected chi connectivity index (χ2v) is 7.82. The van der Waals surface area contributed by atoms with Gasteiger partial charge in [0.05, 0.1) is 5.00 Å². The van der Waals surface area contributed by atoms with Crippen LogP contribution in [0, 0.1) is 4.77 Å². The first-order chi connectivity index (χ1) is 12.6. The van der Waals surface area contributed by atoms with Crippen LogP contribution in [0.2, 0.25) is 0 Å². The number of carbonyl (C=O) groups excluding carboxylic acids is 1. The average Bonchev–Trinajstić information content (AvgIpc) is 3.17. The number of rotatable bonds is 4. The Hall–Kier alpha value is -2.45. The highest BCUT2D eigenvalue weighted by Crippen LogP contribution is 2.39. The number of nitrogens with zero attached hydrogens (tertiary/aromatic N) is 2. The molecular weight excluding hydrogens is 366 g/mol. The quantitative estimate of drug-likeness (QED) is 0.474. The van der Waals surface area contributed by atoms with E-state index in [0.717, 1.165) is 29.8 Å². The van der Waals surface area contributed by atoms with Crippen LogP contribution in [0.4, 0.5) is 5.00 Å². The number of anilines is 1. The lowest BCUT2D eigenvalue weighted by Crippen LogP contribution is -2.16. The summed E-state index contributed by atoms with van der Waals surface area (Å²) in [5, 5.41) is 10.9. The first kappa shape index (κ1) is 17.0. The van der Waals surface area contributed by atoms with Crippen molar-refractivity contribution >= 4 is 34.5 Å². The highest BCUT2D eigenvalue weighted by molar-refractivity contribution is 7.71. The molecule has 2 heterocycles. The smallest absolute Gasteiger partial charge is 0.256 e. The number of thiophene rings is 1. The third kappa shape index (κ3) is 3.17. The number of aryl methyl sites for hydroxylation is 1. The molecule has 0 saturated heterocycles. The third-order valence-electron chi connectivity index (χ3n) is 4.66. The summed E-state index contributed by atoms with van der Waals surface area (Å²) >= 11 is 6.78. The van der Waals surface area contributed by atoms with Crippen molar-refractivity contribution in [1.82, 2.24) is 14.9 Å². The van der Waals surface area contributed by atoms with E-state index in [1.54, 1.807) is 11.3 Å². The molecule has 0 spiro atoms. The summed E-state index contributed by atoms with van der Waals surface area (Å²) in [6, 6.07) is 9.25. The van der Waals surface area contributed by atoms with E-state index in [4.69, 9.17) is 18.1 Å². The van der Waals surface area contributed by atoms with Crippen molar-refractivity contribution in [3.63, 3.8) is 0 Å². The lowest BCUT2D eigenvalue weighted by Gasteiger charge is -2.13. The van der Waals surface area contributed by atoms with Gasteiger partial charge in [-0.2, -0.15) is 5.10 Å². The molecule has 0 aliphatic heterocycles. The lowest BCUT2D eigenvalue weighted by atomic mass is 9.94. The van der Waals surface area contributed by atoms with Gasteiger partial charge in [0.25, 0.3) is 5.91 Å². The van der Waals surface area contributed by atoms with E-state index in [1.807, 2.05) is 30.3 Å². The van der Waals surface area contributed by atoms with Gasteiger partial charge < -0.3 is 11.2 Å². The summed E-state index contributed by atoms with van der Waals surface area (Å²) in [5.74, 6) is 6.54. The molecule has 8 heteroatoms. The molecule has 2 aromatic heterocycles. The van der Waals surface area contributed by atoms with Crippen molar-refractivity contribution in [3.05, 3.63) is 62.5 Å².